The number of hydrogen-bond donors (Lipinski definition) is 1. The fourth-order valence-corrected chi connectivity index (χ4v) is 5.33. The van der Waals surface area contributed by atoms with Gasteiger partial charge in [0.25, 0.3) is 11.8 Å². The molecule has 0 spiro atoms. The Bertz CT molecular complexity index is 1860. The van der Waals surface area contributed by atoms with E-state index in [1.165, 1.54) is 24.3 Å². The van der Waals surface area contributed by atoms with Crippen LogP contribution in [0.4, 0.5) is 18.9 Å². The van der Waals surface area contributed by atoms with Gasteiger partial charge in [0.1, 0.15) is 5.75 Å². The Labute approximate surface area is 262 Å². The predicted molar refractivity (Wildman–Crippen MR) is 165 cm³/mol. The topological polar surface area (TPSA) is 88.4 Å². The van der Waals surface area contributed by atoms with Crippen LogP contribution in [0.15, 0.2) is 73.1 Å². The number of amides is 1. The molecule has 3 heterocycles. The summed E-state index contributed by atoms with van der Waals surface area (Å²) >= 11 is 6.37. The fraction of sp³-hybridized carbons (Fsp3) is 0.250. The lowest BCUT2D eigenvalue weighted by Crippen LogP contribution is -2.44. The van der Waals surface area contributed by atoms with Crippen molar-refractivity contribution in [2.24, 2.45) is 7.05 Å². The molecule has 0 aliphatic carbocycles. The molecule has 2 aromatic heterocycles. The van der Waals surface area contributed by atoms with Crippen molar-refractivity contribution in [3.05, 3.63) is 94.8 Å². The van der Waals surface area contributed by atoms with Gasteiger partial charge in [0.15, 0.2) is 17.0 Å². The molecule has 13 heteroatoms. The van der Waals surface area contributed by atoms with Crippen molar-refractivity contribution < 1.29 is 22.7 Å². The number of hydrogen-bond acceptors (Lipinski definition) is 7. The van der Waals surface area contributed by atoms with E-state index in [1.807, 2.05) is 42.3 Å². The molecule has 6 rings (SSSR count). The van der Waals surface area contributed by atoms with Crippen molar-refractivity contribution in [2.45, 2.75) is 12.7 Å². The van der Waals surface area contributed by atoms with Crippen LogP contribution in [0.3, 0.4) is 0 Å². The van der Waals surface area contributed by atoms with Crippen molar-refractivity contribution in [2.75, 3.05) is 38.5 Å². The fourth-order valence-electron chi connectivity index (χ4n) is 5.12. The molecule has 232 valence electrons. The quantitative estimate of drug-likeness (QED) is 0.219. The zero-order valence-electron chi connectivity index (χ0n) is 24.5. The second kappa shape index (κ2) is 12.5. The molecule has 1 saturated heterocycles. The summed E-state index contributed by atoms with van der Waals surface area (Å²) in [6.45, 7) is 3.10. The van der Waals surface area contributed by atoms with Crippen LogP contribution >= 0.6 is 11.6 Å². The summed E-state index contributed by atoms with van der Waals surface area (Å²) in [5.41, 5.74) is 1.10. The molecule has 5 aromatic rings. The maximum atomic E-state index is 14.1. The van der Waals surface area contributed by atoms with E-state index in [9.17, 15) is 18.0 Å². The van der Waals surface area contributed by atoms with E-state index < -0.39 is 17.6 Å². The van der Waals surface area contributed by atoms with Crippen LogP contribution in [0.2, 0.25) is 5.02 Å². The standard InChI is InChI=1S/C32H29ClF3N7O2/c1-41-12-14-43(15-13-41)18-21-8-9-22(16-25(21)32(34,35)36)38-30(44)24-17-23(10-11-26(24)33)45-31-27-29(42(2)19-37-27)39-28(40-31)20-6-4-3-5-7-20/h3-11,16-17,19H,12-15,18H2,1-2H3,(H,38,44). The molecule has 0 saturated carbocycles. The first kappa shape index (κ1) is 30.5. The van der Waals surface area contributed by atoms with E-state index in [0.29, 0.717) is 30.1 Å². The lowest BCUT2D eigenvalue weighted by molar-refractivity contribution is -0.138. The van der Waals surface area contributed by atoms with Crippen LogP contribution in [0, 0.1) is 0 Å². The van der Waals surface area contributed by atoms with Gasteiger partial charge in [-0.05, 0) is 42.9 Å². The van der Waals surface area contributed by atoms with Gasteiger partial charge in [0, 0.05) is 51.0 Å². The lowest BCUT2D eigenvalue weighted by atomic mass is 10.0. The molecular formula is C32H29ClF3N7O2. The average Bonchev–Trinajstić information content (AvgIpc) is 3.40. The Morgan fingerprint density at radius 2 is 1.73 bits per heavy atom. The number of aromatic nitrogens is 4. The molecule has 1 aliphatic heterocycles. The highest BCUT2D eigenvalue weighted by Gasteiger charge is 2.34. The summed E-state index contributed by atoms with van der Waals surface area (Å²) in [6.07, 6.45) is -3.01. The van der Waals surface area contributed by atoms with Gasteiger partial charge in [-0.1, -0.05) is 48.0 Å². The number of imidazole rings is 1. The largest absolute Gasteiger partial charge is 0.437 e. The Hall–Kier alpha value is -4.52. The number of likely N-dealkylation sites (N-methyl/N-ethyl adjacent to an activating group) is 1. The van der Waals surface area contributed by atoms with Crippen molar-refractivity contribution in [3.8, 4) is 23.0 Å². The number of aryl methyl sites for hydroxylation is 1. The number of rotatable bonds is 7. The van der Waals surface area contributed by atoms with Crippen molar-refractivity contribution in [1.82, 2.24) is 29.3 Å². The van der Waals surface area contributed by atoms with E-state index >= 15 is 0 Å². The van der Waals surface area contributed by atoms with Crippen molar-refractivity contribution in [3.63, 3.8) is 0 Å². The van der Waals surface area contributed by atoms with E-state index in [1.54, 1.807) is 24.0 Å². The number of anilines is 1. The Balaban J connectivity index is 1.25. The number of carbonyl (C=O) groups is 1. The van der Waals surface area contributed by atoms with E-state index in [0.717, 1.165) is 24.7 Å². The third-order valence-electron chi connectivity index (χ3n) is 7.62. The average molecular weight is 636 g/mol. The molecule has 0 atom stereocenters. The summed E-state index contributed by atoms with van der Waals surface area (Å²) in [5.74, 6) is 0.123. The van der Waals surface area contributed by atoms with E-state index in [2.05, 4.69) is 25.2 Å². The number of nitrogens with one attached hydrogen (secondary N) is 1. The molecule has 0 bridgehead atoms. The number of alkyl halides is 3. The molecule has 45 heavy (non-hydrogen) atoms. The summed E-state index contributed by atoms with van der Waals surface area (Å²) in [5, 5.41) is 2.66. The van der Waals surface area contributed by atoms with Crippen molar-refractivity contribution >= 4 is 34.4 Å². The first-order valence-electron chi connectivity index (χ1n) is 14.2. The predicted octanol–water partition coefficient (Wildman–Crippen LogP) is 6.49. The number of piperazine rings is 1. The minimum absolute atomic E-state index is 0.00432. The second-order valence-electron chi connectivity index (χ2n) is 10.9. The van der Waals surface area contributed by atoms with Crippen LogP contribution in [0.25, 0.3) is 22.6 Å². The Morgan fingerprint density at radius 3 is 2.47 bits per heavy atom. The van der Waals surface area contributed by atoms with Crippen LogP contribution in [0.1, 0.15) is 21.5 Å². The summed E-state index contributed by atoms with van der Waals surface area (Å²) in [6, 6.07) is 17.6. The molecule has 1 aliphatic rings. The van der Waals surface area contributed by atoms with Gasteiger partial charge in [-0.3, -0.25) is 9.69 Å². The third kappa shape index (κ3) is 6.77. The highest BCUT2D eigenvalue weighted by Crippen LogP contribution is 2.35. The van der Waals surface area contributed by atoms with Crippen molar-refractivity contribution in [1.29, 1.82) is 0 Å². The maximum Gasteiger partial charge on any atom is 0.416 e. The van der Waals surface area contributed by atoms with Crippen LogP contribution < -0.4 is 10.1 Å². The van der Waals surface area contributed by atoms with Gasteiger partial charge in [0.05, 0.1) is 22.5 Å². The Morgan fingerprint density at radius 1 is 0.978 bits per heavy atom. The van der Waals surface area contributed by atoms with Gasteiger partial charge >= 0.3 is 6.18 Å². The SMILES string of the molecule is CN1CCN(Cc2ccc(NC(=O)c3cc(Oc4nc(-c5ccccc5)nc5c4ncn5C)ccc3Cl)cc2C(F)(F)F)CC1. The highest BCUT2D eigenvalue weighted by atomic mass is 35.5. The number of carbonyl (C=O) groups excluding carboxylic acids is 1. The highest BCUT2D eigenvalue weighted by molar-refractivity contribution is 6.34. The monoisotopic (exact) mass is 635 g/mol. The van der Waals surface area contributed by atoms with Crippen LogP contribution in [0.5, 0.6) is 11.6 Å². The van der Waals surface area contributed by atoms with Gasteiger partial charge in [-0.2, -0.15) is 18.2 Å². The first-order valence-corrected chi connectivity index (χ1v) is 14.6. The minimum Gasteiger partial charge on any atom is -0.437 e. The van der Waals surface area contributed by atoms with E-state index in [4.69, 9.17) is 16.3 Å². The second-order valence-corrected chi connectivity index (χ2v) is 11.3. The molecule has 0 unspecified atom stereocenters. The summed E-state index contributed by atoms with van der Waals surface area (Å²) in [7, 11) is 3.79. The molecular weight excluding hydrogens is 607 g/mol. The third-order valence-corrected chi connectivity index (χ3v) is 7.95. The Kier molecular flexibility index (Phi) is 8.45. The zero-order chi connectivity index (χ0) is 31.7. The van der Waals surface area contributed by atoms with Crippen LogP contribution in [-0.4, -0.2) is 68.5 Å². The number of nitrogens with zero attached hydrogens (tertiary/aromatic N) is 6. The first-order chi connectivity index (χ1) is 21.5. The molecule has 0 radical (unpaired) electrons. The zero-order valence-corrected chi connectivity index (χ0v) is 25.2. The van der Waals surface area contributed by atoms with Gasteiger partial charge in [-0.15, -0.1) is 0 Å². The molecule has 9 nitrogen and oxygen atoms in total. The van der Waals surface area contributed by atoms with Gasteiger partial charge < -0.3 is 19.5 Å². The number of halogens is 4. The van der Waals surface area contributed by atoms with E-state index in [-0.39, 0.29) is 40.0 Å². The molecule has 1 amide bonds. The molecule has 1 N–H and O–H groups in total. The molecule has 1 fully saturated rings. The summed E-state index contributed by atoms with van der Waals surface area (Å²) in [4.78, 5) is 31.0. The normalized spacial score (nSPS) is 14.5. The maximum absolute atomic E-state index is 14.1. The smallest absolute Gasteiger partial charge is 0.416 e. The number of benzene rings is 3. The number of ether oxygens (including phenoxy) is 1. The minimum atomic E-state index is -4.60. The lowest BCUT2D eigenvalue weighted by Gasteiger charge is -2.33. The molecule has 3 aromatic carbocycles. The van der Waals surface area contributed by atoms with Gasteiger partial charge in [0.2, 0.25) is 0 Å². The van der Waals surface area contributed by atoms with Gasteiger partial charge in [-0.25, -0.2) is 9.97 Å². The summed E-state index contributed by atoms with van der Waals surface area (Å²) < 4.78 is 50.1. The number of fused-ring (bicyclic) bond motifs is 1. The van der Waals surface area contributed by atoms with Crippen LogP contribution in [-0.2, 0) is 19.8 Å².